The highest BCUT2D eigenvalue weighted by Gasteiger charge is 2.70. The Hall–Kier alpha value is -6.70. The van der Waals surface area contributed by atoms with Crippen molar-refractivity contribution in [3.8, 4) is 5.75 Å². The van der Waals surface area contributed by atoms with Crippen molar-refractivity contribution in [2.75, 3.05) is 42.5 Å². The van der Waals surface area contributed by atoms with E-state index >= 15 is 4.79 Å². The number of nitrogens with one attached hydrogen (secondary N) is 1. The van der Waals surface area contributed by atoms with E-state index in [9.17, 15) is 23.9 Å². The average molecular weight is 853 g/mol. The minimum atomic E-state index is -1.53. The van der Waals surface area contributed by atoms with Crippen LogP contribution in [0.1, 0.15) is 29.9 Å². The van der Waals surface area contributed by atoms with Gasteiger partial charge in [0.05, 0.1) is 52.5 Å². The minimum absolute atomic E-state index is 0.0814. The minimum Gasteiger partial charge on any atom is -0.491 e. The second kappa shape index (κ2) is 16.3. The number of ether oxygens (including phenoxy) is 1. The lowest BCUT2D eigenvalue weighted by Crippen LogP contribution is -2.53. The molecule has 0 spiro atoms. The van der Waals surface area contributed by atoms with Crippen molar-refractivity contribution >= 4 is 63.7 Å². The third-order valence-corrected chi connectivity index (χ3v) is 12.8. The molecule has 4 aliphatic rings. The summed E-state index contributed by atoms with van der Waals surface area (Å²) in [6.07, 6.45) is 2.32. The highest BCUT2D eigenvalue weighted by Crippen LogP contribution is 2.64. The number of imide groups is 2. The van der Waals surface area contributed by atoms with Crippen LogP contribution in [0.3, 0.4) is 0 Å². The van der Waals surface area contributed by atoms with E-state index in [2.05, 4.69) is 15.7 Å². The molecule has 9 rings (SSSR count). The lowest BCUT2D eigenvalue weighted by molar-refractivity contribution is -0.138. The number of fused-ring (bicyclic) bond motifs is 4. The maximum atomic E-state index is 15.4. The summed E-state index contributed by atoms with van der Waals surface area (Å²) in [5, 5.41) is 19.5. The fourth-order valence-corrected chi connectivity index (χ4v) is 9.93. The summed E-state index contributed by atoms with van der Waals surface area (Å²) in [6, 6.07) is 33.8. The number of nitrogens with zero attached hydrogens (tertiary/aromatic N) is 5. The molecule has 3 fully saturated rings. The van der Waals surface area contributed by atoms with Gasteiger partial charge in [0.15, 0.2) is 0 Å². The number of azo groups is 1. The lowest BCUT2D eigenvalue weighted by atomic mass is 9.49. The van der Waals surface area contributed by atoms with Crippen LogP contribution in [0.2, 0.25) is 5.02 Å². The number of aliphatic hydroxyl groups is 1. The first-order valence-corrected chi connectivity index (χ1v) is 20.7. The van der Waals surface area contributed by atoms with Crippen LogP contribution in [0.25, 0.3) is 0 Å². The molecule has 1 saturated carbocycles. The predicted octanol–water partition coefficient (Wildman–Crippen LogP) is 8.52. The zero-order chi connectivity index (χ0) is 43.3. The first kappa shape index (κ1) is 40.7. The number of amides is 4. The van der Waals surface area contributed by atoms with E-state index in [0.717, 1.165) is 16.3 Å². The quantitative estimate of drug-likeness (QED) is 0.0765. The zero-order valence-corrected chi connectivity index (χ0v) is 34.6. The van der Waals surface area contributed by atoms with Gasteiger partial charge >= 0.3 is 0 Å². The van der Waals surface area contributed by atoms with Gasteiger partial charge in [0, 0.05) is 30.7 Å². The topological polar surface area (TPSA) is 144 Å². The molecule has 2 saturated heterocycles. The van der Waals surface area contributed by atoms with Crippen molar-refractivity contribution < 1.29 is 33.4 Å². The van der Waals surface area contributed by atoms with Crippen LogP contribution in [-0.4, -0.2) is 61.1 Å². The molecule has 2 aliphatic heterocycles. The third-order valence-electron chi connectivity index (χ3n) is 12.6. The smallest absolute Gasteiger partial charge is 0.260 e. The zero-order valence-electron chi connectivity index (χ0n) is 33.8. The van der Waals surface area contributed by atoms with E-state index in [0.29, 0.717) is 44.6 Å². The van der Waals surface area contributed by atoms with Crippen LogP contribution < -0.4 is 20.0 Å². The lowest BCUT2D eigenvalue weighted by Gasteiger charge is -2.50. The molecule has 0 bridgehead atoms. The molecular weight excluding hydrogens is 811 g/mol. The maximum Gasteiger partial charge on any atom is 0.260 e. The predicted molar refractivity (Wildman–Crippen MR) is 232 cm³/mol. The van der Waals surface area contributed by atoms with Gasteiger partial charge in [-0.05, 0) is 127 Å². The fraction of sp³-hybridized carbons (Fsp3) is 0.250. The van der Waals surface area contributed by atoms with E-state index in [1.54, 1.807) is 60.7 Å². The Kier molecular flexibility index (Phi) is 10.7. The summed E-state index contributed by atoms with van der Waals surface area (Å²) >= 11 is 6.41. The Bertz CT molecular complexity index is 2600. The van der Waals surface area contributed by atoms with Gasteiger partial charge < -0.3 is 14.7 Å². The van der Waals surface area contributed by atoms with Crippen molar-refractivity contribution in [1.29, 1.82) is 0 Å². The first-order chi connectivity index (χ1) is 30.0. The van der Waals surface area contributed by atoms with Crippen LogP contribution >= 0.6 is 11.6 Å². The Labute approximate surface area is 362 Å². The van der Waals surface area contributed by atoms with Gasteiger partial charge in [-0.25, -0.2) is 4.39 Å². The number of allylic oxidation sites excluding steroid dienone is 2. The SMILES string of the molecule is CN(C)c1ccc(N=Nc2ccc(N3C(=O)C4CC=C5C(CC6C(=O)N(Nc7ccc(F)cc7)C(=O)C6(c6ccc(Cl)cc6)C5c5ccc(OCCO)cc5)C4C3=O)cc2)cc1. The van der Waals surface area contributed by atoms with Crippen LogP contribution in [0, 0.1) is 29.5 Å². The van der Waals surface area contributed by atoms with Crippen molar-refractivity contribution in [2.24, 2.45) is 33.9 Å². The first-order valence-electron chi connectivity index (χ1n) is 20.4. The van der Waals surface area contributed by atoms with Crippen LogP contribution in [0.4, 0.5) is 32.8 Å². The van der Waals surface area contributed by atoms with Gasteiger partial charge in [0.25, 0.3) is 11.8 Å². The summed E-state index contributed by atoms with van der Waals surface area (Å²) in [6.45, 7) is -0.0974. The van der Waals surface area contributed by atoms with Gasteiger partial charge in [0.2, 0.25) is 11.8 Å². The van der Waals surface area contributed by atoms with Crippen molar-refractivity contribution in [3.05, 3.63) is 155 Å². The Morgan fingerprint density at radius 1 is 0.806 bits per heavy atom. The van der Waals surface area contributed by atoms with Crippen molar-refractivity contribution in [2.45, 2.75) is 24.2 Å². The number of halogens is 2. The largest absolute Gasteiger partial charge is 0.491 e. The molecule has 14 heteroatoms. The van der Waals surface area contributed by atoms with E-state index in [4.69, 9.17) is 16.3 Å². The van der Waals surface area contributed by atoms with E-state index in [-0.39, 0.29) is 37.9 Å². The summed E-state index contributed by atoms with van der Waals surface area (Å²) in [7, 11) is 3.91. The molecule has 0 radical (unpaired) electrons. The summed E-state index contributed by atoms with van der Waals surface area (Å²) in [5.41, 5.74) is 6.43. The number of hydrazine groups is 1. The second-order valence-electron chi connectivity index (χ2n) is 16.2. The number of hydrogen-bond donors (Lipinski definition) is 2. The average Bonchev–Trinajstić information content (AvgIpc) is 3.66. The third kappa shape index (κ3) is 6.91. The highest BCUT2D eigenvalue weighted by molar-refractivity contribution is 6.30. The molecular formula is C48H42ClFN6O6. The molecule has 5 aromatic rings. The Morgan fingerprint density at radius 2 is 1.45 bits per heavy atom. The molecule has 6 unspecified atom stereocenters. The number of hydrogen-bond acceptors (Lipinski definition) is 10. The molecule has 62 heavy (non-hydrogen) atoms. The van der Waals surface area contributed by atoms with Gasteiger partial charge in [0.1, 0.15) is 18.2 Å². The van der Waals surface area contributed by atoms with Crippen LogP contribution in [0.5, 0.6) is 5.75 Å². The van der Waals surface area contributed by atoms with E-state index in [1.165, 1.54) is 29.2 Å². The van der Waals surface area contributed by atoms with E-state index in [1.807, 2.05) is 61.5 Å². The molecule has 2 heterocycles. The fourth-order valence-electron chi connectivity index (χ4n) is 9.81. The van der Waals surface area contributed by atoms with Gasteiger partial charge in [-0.3, -0.25) is 29.5 Å². The maximum absolute atomic E-state index is 15.4. The number of carbonyl (C=O) groups excluding carboxylic acids is 4. The standard InChI is InChI=1S/C48H42ClFN6O6/c1-54(2)35-17-13-32(14-18-35)51-52-33-15-19-36(20-16-33)55-44(58)39-24-23-38-40(42(39)46(55)60)27-41-45(59)56(53-34-11-9-31(50)10-12-34)47(61)48(41,29-5-7-30(49)8-6-29)43(38)28-3-21-37(22-4-28)62-26-25-57/h3-23,39-43,53,57H,24-27H2,1-2H3. The number of carbonyl (C=O) groups is 4. The summed E-state index contributed by atoms with van der Waals surface area (Å²) in [4.78, 5) is 62.7. The number of aliphatic hydroxyl groups excluding tert-OH is 1. The van der Waals surface area contributed by atoms with Crippen LogP contribution in [-0.2, 0) is 24.6 Å². The van der Waals surface area contributed by atoms with Crippen LogP contribution in [0.15, 0.2) is 143 Å². The molecule has 314 valence electrons. The summed E-state index contributed by atoms with van der Waals surface area (Å²) < 4.78 is 19.7. The van der Waals surface area contributed by atoms with Gasteiger partial charge in [-0.1, -0.05) is 47.5 Å². The van der Waals surface area contributed by atoms with Gasteiger partial charge in [-0.15, -0.1) is 0 Å². The van der Waals surface area contributed by atoms with E-state index < -0.39 is 52.6 Å². The van der Waals surface area contributed by atoms with Crippen molar-refractivity contribution in [3.63, 3.8) is 0 Å². The molecule has 4 amide bonds. The Balaban J connectivity index is 1.10. The second-order valence-corrected chi connectivity index (χ2v) is 16.6. The number of anilines is 3. The molecule has 6 atom stereocenters. The monoisotopic (exact) mass is 852 g/mol. The van der Waals surface area contributed by atoms with Crippen molar-refractivity contribution in [1.82, 2.24) is 5.01 Å². The highest BCUT2D eigenvalue weighted by atomic mass is 35.5. The normalized spacial score (nSPS) is 24.2. The molecule has 2 N–H and O–H groups in total. The number of benzene rings is 5. The Morgan fingerprint density at radius 3 is 2.08 bits per heavy atom. The molecule has 12 nitrogen and oxygen atoms in total. The van der Waals surface area contributed by atoms with Gasteiger partial charge in [-0.2, -0.15) is 15.2 Å². The summed E-state index contributed by atoms with van der Waals surface area (Å²) in [5.74, 6) is -5.62. The molecule has 5 aromatic carbocycles. The molecule has 0 aromatic heterocycles. The number of rotatable bonds is 11. The molecule has 2 aliphatic carbocycles.